The molecule has 7 aromatic rings. The Morgan fingerprint density at radius 3 is 1.47 bits per heavy atom. The Balaban J connectivity index is 1.35. The van der Waals surface area contributed by atoms with E-state index in [4.69, 9.17) is 0 Å². The highest BCUT2D eigenvalue weighted by Gasteiger charge is 2.46. The molecular weight excluding hydrogens is 542 g/mol. The molecule has 0 spiro atoms. The van der Waals surface area contributed by atoms with E-state index in [1.54, 1.807) is 0 Å². The van der Waals surface area contributed by atoms with Gasteiger partial charge < -0.3 is 4.90 Å². The van der Waals surface area contributed by atoms with Gasteiger partial charge in [-0.1, -0.05) is 151 Å². The van der Waals surface area contributed by atoms with E-state index >= 15 is 0 Å². The maximum atomic E-state index is 2.43. The zero-order chi connectivity index (χ0) is 30.2. The fourth-order valence-electron chi connectivity index (χ4n) is 7.14. The van der Waals surface area contributed by atoms with Gasteiger partial charge in [-0.05, 0) is 87.8 Å². The summed E-state index contributed by atoms with van der Waals surface area (Å²) in [6.45, 7) is 2.13. The van der Waals surface area contributed by atoms with Gasteiger partial charge in [0.15, 0.2) is 0 Å². The Kier molecular flexibility index (Phi) is 6.65. The molecule has 7 aromatic carbocycles. The molecule has 214 valence electrons. The highest BCUT2D eigenvalue weighted by Crippen LogP contribution is 2.57. The third kappa shape index (κ3) is 4.48. The maximum Gasteiger partial charge on any atom is 0.0714 e. The molecule has 0 aliphatic heterocycles. The van der Waals surface area contributed by atoms with Gasteiger partial charge in [0.2, 0.25) is 0 Å². The lowest BCUT2D eigenvalue weighted by atomic mass is 9.67. The van der Waals surface area contributed by atoms with Gasteiger partial charge in [-0.2, -0.15) is 0 Å². The van der Waals surface area contributed by atoms with Crippen molar-refractivity contribution in [2.45, 2.75) is 12.3 Å². The Labute approximate surface area is 265 Å². The van der Waals surface area contributed by atoms with Crippen molar-refractivity contribution in [1.82, 2.24) is 0 Å². The van der Waals surface area contributed by atoms with Crippen LogP contribution in [0.3, 0.4) is 0 Å². The van der Waals surface area contributed by atoms with Gasteiger partial charge in [0.1, 0.15) is 0 Å². The molecule has 0 unspecified atom stereocenters. The minimum absolute atomic E-state index is 0.442. The molecule has 0 atom stereocenters. The number of para-hydroxylation sites is 1. The predicted molar refractivity (Wildman–Crippen MR) is 189 cm³/mol. The van der Waals surface area contributed by atoms with E-state index in [9.17, 15) is 0 Å². The van der Waals surface area contributed by atoms with Crippen LogP contribution in [0.5, 0.6) is 0 Å². The van der Waals surface area contributed by atoms with E-state index in [-0.39, 0.29) is 0 Å². The van der Waals surface area contributed by atoms with Crippen molar-refractivity contribution in [2.24, 2.45) is 0 Å². The molecule has 0 aromatic heterocycles. The van der Waals surface area contributed by atoms with Crippen molar-refractivity contribution >= 4 is 17.1 Å². The van der Waals surface area contributed by atoms with Crippen LogP contribution in [0.2, 0.25) is 0 Å². The van der Waals surface area contributed by atoms with Crippen LogP contribution in [0.4, 0.5) is 17.1 Å². The second kappa shape index (κ2) is 11.1. The molecule has 1 aliphatic rings. The first kappa shape index (κ1) is 26.9. The average molecular weight is 576 g/mol. The third-order valence-electron chi connectivity index (χ3n) is 9.22. The topological polar surface area (TPSA) is 3.24 Å². The SMILES string of the molecule is Cc1ccc(-c2ccc(N(c3ccccc3)c3ccc4c(c3)C(c3ccccc3)(c3ccccc3)c3ccccc3-4)cc2)cc1. The summed E-state index contributed by atoms with van der Waals surface area (Å²) in [6.07, 6.45) is 0. The van der Waals surface area contributed by atoms with Crippen LogP contribution in [-0.2, 0) is 5.41 Å². The Morgan fingerprint density at radius 2 is 0.844 bits per heavy atom. The summed E-state index contributed by atoms with van der Waals surface area (Å²) in [6, 6.07) is 66.4. The van der Waals surface area contributed by atoms with Crippen LogP contribution < -0.4 is 4.90 Å². The lowest BCUT2D eigenvalue weighted by Crippen LogP contribution is -2.28. The van der Waals surface area contributed by atoms with E-state index in [2.05, 4.69) is 194 Å². The van der Waals surface area contributed by atoms with Crippen LogP contribution in [0.1, 0.15) is 27.8 Å². The average Bonchev–Trinajstić information content (AvgIpc) is 3.41. The zero-order valence-corrected chi connectivity index (χ0v) is 25.3. The van der Waals surface area contributed by atoms with Gasteiger partial charge in [-0.3, -0.25) is 0 Å². The highest BCUT2D eigenvalue weighted by molar-refractivity contribution is 5.89. The lowest BCUT2D eigenvalue weighted by molar-refractivity contribution is 0.768. The number of anilines is 3. The standard InChI is InChI=1S/C44H33N/c1-32-21-23-33(24-22-32)34-25-27-38(28-26-34)45(37-17-9-4-10-18-37)39-29-30-41-40-19-11-12-20-42(40)44(43(41)31-39,35-13-5-2-6-14-35)36-15-7-3-8-16-36/h2-31H,1H3. The molecule has 0 fully saturated rings. The first-order valence-corrected chi connectivity index (χ1v) is 15.6. The second-order valence-corrected chi connectivity index (χ2v) is 11.8. The molecule has 0 N–H and O–H groups in total. The molecule has 0 saturated carbocycles. The summed E-state index contributed by atoms with van der Waals surface area (Å²) in [7, 11) is 0. The Bertz CT molecular complexity index is 2040. The van der Waals surface area contributed by atoms with E-state index in [1.807, 2.05) is 0 Å². The first-order chi connectivity index (χ1) is 22.2. The summed E-state index contributed by atoms with van der Waals surface area (Å²) in [5.74, 6) is 0. The van der Waals surface area contributed by atoms with Gasteiger partial charge in [-0.15, -0.1) is 0 Å². The van der Waals surface area contributed by atoms with Crippen molar-refractivity contribution in [3.63, 3.8) is 0 Å². The van der Waals surface area contributed by atoms with Gasteiger partial charge in [-0.25, -0.2) is 0 Å². The highest BCUT2D eigenvalue weighted by atomic mass is 15.1. The molecule has 45 heavy (non-hydrogen) atoms. The quantitative estimate of drug-likeness (QED) is 0.191. The normalized spacial score (nSPS) is 12.7. The molecule has 0 heterocycles. The van der Waals surface area contributed by atoms with E-state index in [0.29, 0.717) is 0 Å². The smallest absolute Gasteiger partial charge is 0.0714 e. The van der Waals surface area contributed by atoms with Crippen LogP contribution in [0.25, 0.3) is 22.3 Å². The number of nitrogens with zero attached hydrogens (tertiary/aromatic N) is 1. The first-order valence-electron chi connectivity index (χ1n) is 15.6. The summed E-state index contributed by atoms with van der Waals surface area (Å²) in [5.41, 5.74) is 14.4. The summed E-state index contributed by atoms with van der Waals surface area (Å²) in [5, 5.41) is 0. The van der Waals surface area contributed by atoms with Crippen molar-refractivity contribution in [1.29, 1.82) is 0 Å². The monoisotopic (exact) mass is 575 g/mol. The third-order valence-corrected chi connectivity index (χ3v) is 9.22. The van der Waals surface area contributed by atoms with E-state index in [1.165, 1.54) is 50.1 Å². The van der Waals surface area contributed by atoms with Crippen molar-refractivity contribution < 1.29 is 0 Å². The van der Waals surface area contributed by atoms with Crippen molar-refractivity contribution in [2.75, 3.05) is 4.90 Å². The molecule has 0 bridgehead atoms. The van der Waals surface area contributed by atoms with Crippen molar-refractivity contribution in [3.05, 3.63) is 210 Å². The zero-order valence-electron chi connectivity index (χ0n) is 25.3. The molecule has 1 nitrogen and oxygen atoms in total. The van der Waals surface area contributed by atoms with Gasteiger partial charge >= 0.3 is 0 Å². The number of aryl methyl sites for hydroxylation is 1. The fraction of sp³-hybridized carbons (Fsp3) is 0.0455. The van der Waals surface area contributed by atoms with Gasteiger partial charge in [0.05, 0.1) is 5.41 Å². The number of rotatable bonds is 6. The van der Waals surface area contributed by atoms with Crippen molar-refractivity contribution in [3.8, 4) is 22.3 Å². The number of fused-ring (bicyclic) bond motifs is 3. The minimum Gasteiger partial charge on any atom is -0.310 e. The Morgan fingerprint density at radius 1 is 0.378 bits per heavy atom. The van der Waals surface area contributed by atoms with Crippen LogP contribution in [0, 0.1) is 6.92 Å². The largest absolute Gasteiger partial charge is 0.310 e. The van der Waals surface area contributed by atoms with Crippen LogP contribution >= 0.6 is 0 Å². The predicted octanol–water partition coefficient (Wildman–Crippen LogP) is 11.5. The molecular formula is C44H33N. The molecule has 8 rings (SSSR count). The molecule has 1 heteroatoms. The van der Waals surface area contributed by atoms with Crippen LogP contribution in [0.15, 0.2) is 182 Å². The molecule has 0 radical (unpaired) electrons. The van der Waals surface area contributed by atoms with Gasteiger partial charge in [0, 0.05) is 17.1 Å². The number of hydrogen-bond acceptors (Lipinski definition) is 1. The van der Waals surface area contributed by atoms with E-state index in [0.717, 1.165) is 17.1 Å². The minimum atomic E-state index is -0.442. The Hall–Kier alpha value is -5.66. The summed E-state index contributed by atoms with van der Waals surface area (Å²) >= 11 is 0. The number of hydrogen-bond donors (Lipinski definition) is 0. The summed E-state index contributed by atoms with van der Waals surface area (Å²) < 4.78 is 0. The van der Waals surface area contributed by atoms with Gasteiger partial charge in [0.25, 0.3) is 0 Å². The fourth-order valence-corrected chi connectivity index (χ4v) is 7.14. The number of benzene rings is 7. The maximum absolute atomic E-state index is 2.43. The van der Waals surface area contributed by atoms with E-state index < -0.39 is 5.41 Å². The van der Waals surface area contributed by atoms with Crippen LogP contribution in [-0.4, -0.2) is 0 Å². The molecule has 0 amide bonds. The molecule has 0 saturated heterocycles. The summed E-state index contributed by atoms with van der Waals surface area (Å²) in [4.78, 5) is 2.38. The second-order valence-electron chi connectivity index (χ2n) is 11.8. The molecule has 1 aliphatic carbocycles. The lowest BCUT2D eigenvalue weighted by Gasteiger charge is -2.35.